The molecular weight excluding hydrogens is 234 g/mol. The van der Waals surface area contributed by atoms with Crippen LogP contribution in [0, 0.1) is 0 Å². The van der Waals surface area contributed by atoms with Gasteiger partial charge < -0.3 is 10.2 Å². The number of likely N-dealkylation sites (N-methyl/N-ethyl adjacent to an activating group) is 2. The van der Waals surface area contributed by atoms with E-state index < -0.39 is 0 Å². The molecule has 1 atom stereocenters. The van der Waals surface area contributed by atoms with Crippen LogP contribution in [-0.2, 0) is 4.79 Å². The Kier molecular flexibility index (Phi) is 3.61. The molecule has 1 aliphatic heterocycles. The quantitative estimate of drug-likeness (QED) is 0.700. The van der Waals surface area contributed by atoms with Crippen molar-refractivity contribution in [1.82, 2.24) is 25.3 Å². The summed E-state index contributed by atoms with van der Waals surface area (Å²) < 4.78 is 0. The van der Waals surface area contributed by atoms with Crippen LogP contribution in [0.1, 0.15) is 10.5 Å². The van der Waals surface area contributed by atoms with Gasteiger partial charge in [0.25, 0.3) is 5.91 Å². The second kappa shape index (κ2) is 5.18. The Morgan fingerprint density at radius 3 is 2.89 bits per heavy atom. The third-order valence-corrected chi connectivity index (χ3v) is 3.22. The lowest BCUT2D eigenvalue weighted by atomic mass is 10.1. The number of carbonyl (C=O) groups excluding carboxylic acids is 2. The molecule has 1 aromatic heterocycles. The molecule has 0 aliphatic carbocycles. The smallest absolute Gasteiger partial charge is 0.271 e. The zero-order chi connectivity index (χ0) is 13.1. The van der Waals surface area contributed by atoms with Gasteiger partial charge in [-0.3, -0.25) is 19.6 Å². The number of amides is 2. The largest absolute Gasteiger partial charge is 0.358 e. The van der Waals surface area contributed by atoms with E-state index in [4.69, 9.17) is 0 Å². The van der Waals surface area contributed by atoms with Crippen LogP contribution in [0.3, 0.4) is 0 Å². The molecule has 18 heavy (non-hydrogen) atoms. The number of piperazine rings is 1. The van der Waals surface area contributed by atoms with Crippen molar-refractivity contribution >= 4 is 11.8 Å². The maximum atomic E-state index is 12.1. The molecule has 0 saturated carbocycles. The highest BCUT2D eigenvalue weighted by Crippen LogP contribution is 2.11. The summed E-state index contributed by atoms with van der Waals surface area (Å²) in [7, 11) is 3.49. The summed E-state index contributed by atoms with van der Waals surface area (Å²) in [4.78, 5) is 27.5. The number of hydrogen-bond donors (Lipinski definition) is 2. The Bertz CT molecular complexity index is 431. The van der Waals surface area contributed by atoms with Crippen molar-refractivity contribution in [1.29, 1.82) is 0 Å². The van der Waals surface area contributed by atoms with Crippen molar-refractivity contribution < 1.29 is 9.59 Å². The fraction of sp³-hybridized carbons (Fsp3) is 0.545. The average Bonchev–Trinajstić information content (AvgIpc) is 2.91. The van der Waals surface area contributed by atoms with Crippen molar-refractivity contribution in [2.45, 2.75) is 6.04 Å². The van der Waals surface area contributed by atoms with Gasteiger partial charge in [-0.1, -0.05) is 0 Å². The van der Waals surface area contributed by atoms with Crippen molar-refractivity contribution in [3.63, 3.8) is 0 Å². The molecule has 2 heterocycles. The molecule has 1 unspecified atom stereocenters. The van der Waals surface area contributed by atoms with E-state index in [1.807, 2.05) is 11.9 Å². The molecule has 7 heteroatoms. The maximum Gasteiger partial charge on any atom is 0.271 e. The van der Waals surface area contributed by atoms with Crippen LogP contribution in [-0.4, -0.2) is 71.6 Å². The summed E-state index contributed by atoms with van der Waals surface area (Å²) in [5.41, 5.74) is 0.454. The van der Waals surface area contributed by atoms with E-state index in [0.717, 1.165) is 0 Å². The zero-order valence-corrected chi connectivity index (χ0v) is 10.5. The third kappa shape index (κ3) is 2.35. The molecule has 0 aromatic carbocycles. The molecule has 2 N–H and O–H groups in total. The van der Waals surface area contributed by atoms with Gasteiger partial charge in [-0.15, -0.1) is 0 Å². The van der Waals surface area contributed by atoms with Gasteiger partial charge >= 0.3 is 0 Å². The SMILES string of the molecule is CNC(=O)C1CN(C(=O)c2ccn[nH]2)CCN1C. The molecule has 7 nitrogen and oxygen atoms in total. The summed E-state index contributed by atoms with van der Waals surface area (Å²) >= 11 is 0. The predicted octanol–water partition coefficient (Wildman–Crippen LogP) is -1.09. The number of hydrogen-bond acceptors (Lipinski definition) is 4. The lowest BCUT2D eigenvalue weighted by Crippen LogP contribution is -2.58. The van der Waals surface area contributed by atoms with E-state index in [2.05, 4.69) is 15.5 Å². The minimum absolute atomic E-state index is 0.0698. The Labute approximate surface area is 105 Å². The van der Waals surface area contributed by atoms with Crippen LogP contribution in [0.15, 0.2) is 12.3 Å². The van der Waals surface area contributed by atoms with Crippen molar-refractivity contribution in [3.8, 4) is 0 Å². The number of carbonyl (C=O) groups is 2. The van der Waals surface area contributed by atoms with Gasteiger partial charge in [-0.2, -0.15) is 5.10 Å². The highest BCUT2D eigenvalue weighted by Gasteiger charge is 2.32. The van der Waals surface area contributed by atoms with Gasteiger partial charge in [-0.05, 0) is 13.1 Å². The van der Waals surface area contributed by atoms with E-state index in [0.29, 0.717) is 25.3 Å². The van der Waals surface area contributed by atoms with Gasteiger partial charge in [0.2, 0.25) is 5.91 Å². The maximum absolute atomic E-state index is 12.1. The first-order chi connectivity index (χ1) is 8.63. The Hall–Kier alpha value is -1.89. The summed E-state index contributed by atoms with van der Waals surface area (Å²) in [6, 6.07) is 1.34. The second-order valence-electron chi connectivity index (χ2n) is 4.33. The molecular formula is C11H17N5O2. The first kappa shape index (κ1) is 12.6. The first-order valence-corrected chi connectivity index (χ1v) is 5.84. The van der Waals surface area contributed by atoms with Crippen LogP contribution in [0.5, 0.6) is 0 Å². The minimum Gasteiger partial charge on any atom is -0.358 e. The summed E-state index contributed by atoms with van der Waals surface area (Å²) in [6.07, 6.45) is 1.54. The number of aromatic amines is 1. The van der Waals surface area contributed by atoms with Gasteiger partial charge in [0.15, 0.2) is 0 Å². The topological polar surface area (TPSA) is 81.3 Å². The number of aromatic nitrogens is 2. The van der Waals surface area contributed by atoms with Gasteiger partial charge in [0.05, 0.1) is 0 Å². The van der Waals surface area contributed by atoms with E-state index >= 15 is 0 Å². The fourth-order valence-corrected chi connectivity index (χ4v) is 2.05. The van der Waals surface area contributed by atoms with E-state index in [9.17, 15) is 9.59 Å². The van der Waals surface area contributed by atoms with Crippen molar-refractivity contribution in [2.75, 3.05) is 33.7 Å². The van der Waals surface area contributed by atoms with Crippen molar-refractivity contribution in [3.05, 3.63) is 18.0 Å². The summed E-state index contributed by atoms with van der Waals surface area (Å²) in [6.45, 7) is 1.69. The number of rotatable bonds is 2. The molecule has 0 spiro atoms. The van der Waals surface area contributed by atoms with Crippen molar-refractivity contribution in [2.24, 2.45) is 0 Å². The van der Waals surface area contributed by atoms with Crippen LogP contribution in [0.2, 0.25) is 0 Å². The molecule has 2 rings (SSSR count). The Balaban J connectivity index is 2.07. The molecule has 0 radical (unpaired) electrons. The molecule has 1 aromatic rings. The summed E-state index contributed by atoms with van der Waals surface area (Å²) in [5.74, 6) is -0.186. The number of nitrogens with zero attached hydrogens (tertiary/aromatic N) is 3. The van der Waals surface area contributed by atoms with Gasteiger partial charge in [0.1, 0.15) is 11.7 Å². The minimum atomic E-state index is -0.296. The number of H-pyrrole nitrogens is 1. The van der Waals surface area contributed by atoms with E-state index in [1.165, 1.54) is 0 Å². The van der Waals surface area contributed by atoms with E-state index in [-0.39, 0.29) is 17.9 Å². The molecule has 98 valence electrons. The first-order valence-electron chi connectivity index (χ1n) is 5.84. The highest BCUT2D eigenvalue weighted by molar-refractivity contribution is 5.93. The van der Waals surface area contributed by atoms with Crippen LogP contribution < -0.4 is 5.32 Å². The zero-order valence-electron chi connectivity index (χ0n) is 10.5. The molecule has 1 saturated heterocycles. The second-order valence-corrected chi connectivity index (χ2v) is 4.33. The van der Waals surface area contributed by atoms with Gasteiger partial charge in [-0.25, -0.2) is 0 Å². The third-order valence-electron chi connectivity index (χ3n) is 3.22. The van der Waals surface area contributed by atoms with Gasteiger partial charge in [0, 0.05) is 32.9 Å². The standard InChI is InChI=1S/C11H17N5O2/c1-12-10(17)9-7-16(6-5-15(9)2)11(18)8-3-4-13-14-8/h3-4,9H,5-7H2,1-2H3,(H,12,17)(H,13,14). The Morgan fingerprint density at radius 1 is 1.50 bits per heavy atom. The van der Waals surface area contributed by atoms with Crippen LogP contribution in [0.25, 0.3) is 0 Å². The molecule has 1 fully saturated rings. The molecule has 2 amide bonds. The van der Waals surface area contributed by atoms with Crippen LogP contribution in [0.4, 0.5) is 0 Å². The van der Waals surface area contributed by atoms with Crippen LogP contribution >= 0.6 is 0 Å². The predicted molar refractivity (Wildman–Crippen MR) is 65.0 cm³/mol. The Morgan fingerprint density at radius 2 is 2.28 bits per heavy atom. The monoisotopic (exact) mass is 251 g/mol. The number of nitrogens with one attached hydrogen (secondary N) is 2. The normalized spacial score (nSPS) is 20.8. The fourth-order valence-electron chi connectivity index (χ4n) is 2.05. The van der Waals surface area contributed by atoms with E-state index in [1.54, 1.807) is 24.2 Å². The lowest BCUT2D eigenvalue weighted by molar-refractivity contribution is -0.127. The molecule has 0 bridgehead atoms. The lowest BCUT2D eigenvalue weighted by Gasteiger charge is -2.38. The average molecular weight is 251 g/mol. The highest BCUT2D eigenvalue weighted by atomic mass is 16.2. The molecule has 1 aliphatic rings. The summed E-state index contributed by atoms with van der Waals surface area (Å²) in [5, 5.41) is 9.03.